The van der Waals surface area contributed by atoms with Gasteiger partial charge in [0.15, 0.2) is 5.17 Å². The van der Waals surface area contributed by atoms with Crippen LogP contribution in [-0.2, 0) is 4.79 Å². The van der Waals surface area contributed by atoms with E-state index in [1.54, 1.807) is 30.3 Å². The molecule has 0 atom stereocenters. The fourth-order valence-corrected chi connectivity index (χ4v) is 3.64. The van der Waals surface area contributed by atoms with Gasteiger partial charge in [0.25, 0.3) is 5.91 Å². The van der Waals surface area contributed by atoms with Gasteiger partial charge in [0.05, 0.1) is 10.6 Å². The second-order valence-corrected chi connectivity index (χ2v) is 7.66. The van der Waals surface area contributed by atoms with Gasteiger partial charge in [-0.1, -0.05) is 11.6 Å². The molecule has 0 bridgehead atoms. The Balaban J connectivity index is 1.55. The van der Waals surface area contributed by atoms with Crippen LogP contribution in [0.2, 0.25) is 5.02 Å². The van der Waals surface area contributed by atoms with Crippen LogP contribution in [0.25, 0.3) is 17.4 Å². The Kier molecular flexibility index (Phi) is 5.35. The van der Waals surface area contributed by atoms with Gasteiger partial charge in [-0.25, -0.2) is 9.79 Å². The molecule has 1 fully saturated rings. The number of phenols is 1. The average molecular weight is 441 g/mol. The van der Waals surface area contributed by atoms with Crippen LogP contribution in [0.15, 0.2) is 68.9 Å². The van der Waals surface area contributed by atoms with Crippen LogP contribution in [0.5, 0.6) is 5.75 Å². The summed E-state index contributed by atoms with van der Waals surface area (Å²) in [5, 5.41) is 22.2. The zero-order chi connectivity index (χ0) is 21.3. The van der Waals surface area contributed by atoms with Crippen molar-refractivity contribution in [2.75, 3.05) is 0 Å². The van der Waals surface area contributed by atoms with Gasteiger partial charge >= 0.3 is 5.97 Å². The van der Waals surface area contributed by atoms with E-state index in [1.807, 2.05) is 12.1 Å². The number of halogens is 1. The molecule has 4 rings (SSSR count). The second kappa shape index (κ2) is 8.10. The topological polar surface area (TPSA) is 112 Å². The van der Waals surface area contributed by atoms with Crippen molar-refractivity contribution in [1.29, 1.82) is 0 Å². The molecule has 3 N–H and O–H groups in total. The van der Waals surface area contributed by atoms with Crippen molar-refractivity contribution in [3.05, 3.63) is 75.8 Å². The van der Waals surface area contributed by atoms with Crippen LogP contribution in [0.1, 0.15) is 16.1 Å². The minimum atomic E-state index is -1.27. The van der Waals surface area contributed by atoms with E-state index < -0.39 is 5.97 Å². The van der Waals surface area contributed by atoms with Crippen molar-refractivity contribution in [2.45, 2.75) is 0 Å². The Hall–Kier alpha value is -3.49. The monoisotopic (exact) mass is 440 g/mol. The van der Waals surface area contributed by atoms with Crippen LogP contribution in [0.4, 0.5) is 5.69 Å². The molecule has 1 aliphatic heterocycles. The van der Waals surface area contributed by atoms with Crippen molar-refractivity contribution in [3.63, 3.8) is 0 Å². The quantitative estimate of drug-likeness (QED) is 0.497. The standard InChI is InChI=1S/C21H13ClN2O5S/c22-12-3-1-11(2-4-12)17-8-6-14(29-17)10-18-19(26)24-21(30-18)23-13-5-7-16(25)15(9-13)20(27)28/h1-10,25H,(H,27,28)(H,23,24,26). The summed E-state index contributed by atoms with van der Waals surface area (Å²) in [5.74, 6) is -0.838. The van der Waals surface area contributed by atoms with Crippen molar-refractivity contribution in [1.82, 2.24) is 5.32 Å². The maximum absolute atomic E-state index is 12.3. The number of carboxylic acids is 1. The number of hydrogen-bond donors (Lipinski definition) is 3. The summed E-state index contributed by atoms with van der Waals surface area (Å²) in [6.45, 7) is 0. The number of carbonyl (C=O) groups is 2. The molecule has 9 heteroatoms. The number of carbonyl (C=O) groups excluding carboxylic acids is 1. The number of aromatic hydroxyl groups is 1. The predicted molar refractivity (Wildman–Crippen MR) is 115 cm³/mol. The number of benzene rings is 2. The summed E-state index contributed by atoms with van der Waals surface area (Å²) in [6, 6.07) is 14.7. The third-order valence-electron chi connectivity index (χ3n) is 4.12. The van der Waals surface area contributed by atoms with E-state index >= 15 is 0 Å². The number of nitrogens with zero attached hydrogens (tertiary/aromatic N) is 1. The van der Waals surface area contributed by atoms with E-state index in [-0.39, 0.29) is 28.1 Å². The largest absolute Gasteiger partial charge is 0.507 e. The van der Waals surface area contributed by atoms with E-state index in [0.717, 1.165) is 17.3 Å². The Morgan fingerprint density at radius 3 is 2.63 bits per heavy atom. The molecule has 0 radical (unpaired) electrons. The van der Waals surface area contributed by atoms with Crippen molar-refractivity contribution in [2.24, 2.45) is 4.99 Å². The molecular formula is C21H13ClN2O5S. The zero-order valence-electron chi connectivity index (χ0n) is 15.1. The number of aromatic carboxylic acids is 1. The molecule has 1 amide bonds. The van der Waals surface area contributed by atoms with E-state index in [0.29, 0.717) is 21.4 Å². The van der Waals surface area contributed by atoms with Gasteiger partial charge in [-0.15, -0.1) is 0 Å². The van der Waals surface area contributed by atoms with Crippen LogP contribution in [-0.4, -0.2) is 27.3 Å². The number of furan rings is 1. The molecule has 150 valence electrons. The van der Waals surface area contributed by atoms with Crippen molar-refractivity contribution < 1.29 is 24.2 Å². The lowest BCUT2D eigenvalue weighted by Gasteiger charge is -2.01. The number of thioether (sulfide) groups is 1. The molecule has 30 heavy (non-hydrogen) atoms. The summed E-state index contributed by atoms with van der Waals surface area (Å²) in [5.41, 5.74) is 0.876. The third kappa shape index (κ3) is 4.24. The Morgan fingerprint density at radius 1 is 1.13 bits per heavy atom. The summed E-state index contributed by atoms with van der Waals surface area (Å²) < 4.78 is 5.78. The van der Waals surface area contributed by atoms with E-state index in [4.69, 9.17) is 21.1 Å². The summed E-state index contributed by atoms with van der Waals surface area (Å²) in [7, 11) is 0. The number of aliphatic imine (C=N–C) groups is 1. The molecule has 7 nitrogen and oxygen atoms in total. The van der Waals surface area contributed by atoms with Crippen LogP contribution in [0.3, 0.4) is 0 Å². The van der Waals surface area contributed by atoms with Crippen LogP contribution >= 0.6 is 23.4 Å². The molecule has 0 spiro atoms. The molecule has 1 aromatic heterocycles. The maximum Gasteiger partial charge on any atom is 0.339 e. The SMILES string of the molecule is O=C1NC(=Nc2ccc(O)c(C(=O)O)c2)SC1=Cc1ccc(-c2ccc(Cl)cc2)o1. The minimum Gasteiger partial charge on any atom is -0.507 e. The van der Waals surface area contributed by atoms with Gasteiger partial charge in [0.1, 0.15) is 22.8 Å². The third-order valence-corrected chi connectivity index (χ3v) is 5.28. The lowest BCUT2D eigenvalue weighted by Crippen LogP contribution is -2.19. The molecule has 1 saturated heterocycles. The second-order valence-electron chi connectivity index (χ2n) is 6.20. The first-order chi connectivity index (χ1) is 14.4. The van der Waals surface area contributed by atoms with Gasteiger partial charge in [0.2, 0.25) is 0 Å². The zero-order valence-corrected chi connectivity index (χ0v) is 16.7. The van der Waals surface area contributed by atoms with E-state index in [9.17, 15) is 14.7 Å². The molecule has 0 unspecified atom stereocenters. The summed E-state index contributed by atoms with van der Waals surface area (Å²) in [4.78, 5) is 28.0. The minimum absolute atomic E-state index is 0.271. The highest BCUT2D eigenvalue weighted by molar-refractivity contribution is 8.18. The van der Waals surface area contributed by atoms with E-state index in [1.165, 1.54) is 18.2 Å². The van der Waals surface area contributed by atoms with Gasteiger partial charge in [0, 0.05) is 16.7 Å². The number of carboxylic acid groups (broad SMARTS) is 1. The molecule has 1 aliphatic rings. The van der Waals surface area contributed by atoms with E-state index in [2.05, 4.69) is 10.3 Å². The Morgan fingerprint density at radius 2 is 1.90 bits per heavy atom. The van der Waals surface area contributed by atoms with Gasteiger partial charge < -0.3 is 19.9 Å². The lowest BCUT2D eigenvalue weighted by molar-refractivity contribution is -0.115. The Bertz CT molecular complexity index is 1210. The molecule has 2 heterocycles. The highest BCUT2D eigenvalue weighted by atomic mass is 35.5. The number of amidine groups is 1. The lowest BCUT2D eigenvalue weighted by atomic mass is 10.2. The average Bonchev–Trinajstić information content (AvgIpc) is 3.31. The highest BCUT2D eigenvalue weighted by Gasteiger charge is 2.24. The fraction of sp³-hybridized carbons (Fsp3) is 0. The summed E-state index contributed by atoms with van der Waals surface area (Å²) in [6.07, 6.45) is 1.60. The Labute approximate surface area is 179 Å². The maximum atomic E-state index is 12.3. The fourth-order valence-electron chi connectivity index (χ4n) is 2.69. The number of hydrogen-bond acceptors (Lipinski definition) is 6. The first-order valence-electron chi connectivity index (χ1n) is 8.61. The highest BCUT2D eigenvalue weighted by Crippen LogP contribution is 2.31. The molecule has 3 aromatic rings. The number of rotatable bonds is 4. The van der Waals surface area contributed by atoms with Gasteiger partial charge in [-0.2, -0.15) is 0 Å². The smallest absolute Gasteiger partial charge is 0.339 e. The molecule has 0 saturated carbocycles. The van der Waals surface area contributed by atoms with Gasteiger partial charge in [-0.3, -0.25) is 4.79 Å². The number of nitrogens with one attached hydrogen (secondary N) is 1. The predicted octanol–water partition coefficient (Wildman–Crippen LogP) is 4.90. The van der Waals surface area contributed by atoms with Gasteiger partial charge in [-0.05, 0) is 66.4 Å². The summed E-state index contributed by atoms with van der Waals surface area (Å²) >= 11 is 6.99. The first kappa shape index (κ1) is 19.8. The normalized spacial score (nSPS) is 16.2. The molecule has 2 aromatic carbocycles. The van der Waals surface area contributed by atoms with Crippen molar-refractivity contribution >= 4 is 52.2 Å². The first-order valence-corrected chi connectivity index (χ1v) is 9.80. The molecular weight excluding hydrogens is 428 g/mol. The van der Waals surface area contributed by atoms with Crippen LogP contribution < -0.4 is 5.32 Å². The number of amides is 1. The molecule has 0 aliphatic carbocycles. The van der Waals surface area contributed by atoms with Crippen LogP contribution in [0, 0.1) is 0 Å². The van der Waals surface area contributed by atoms with Crippen molar-refractivity contribution in [3.8, 4) is 17.1 Å².